The molecule has 0 aliphatic heterocycles. The first-order valence-electron chi connectivity index (χ1n) is 7.69. The number of hydrogen-bond acceptors (Lipinski definition) is 5. The molecule has 0 aromatic heterocycles. The van der Waals surface area contributed by atoms with E-state index in [4.69, 9.17) is 10.00 Å². The van der Waals surface area contributed by atoms with Gasteiger partial charge in [0.2, 0.25) is 0 Å². The molecule has 0 unspecified atom stereocenters. The van der Waals surface area contributed by atoms with Gasteiger partial charge in [-0.3, -0.25) is 9.59 Å². The number of nitrogens with one attached hydrogen (secondary N) is 1. The summed E-state index contributed by atoms with van der Waals surface area (Å²) in [5.41, 5.74) is 1.83. The van der Waals surface area contributed by atoms with E-state index >= 15 is 0 Å². The minimum atomic E-state index is -0.947. The standard InChI is InChI=1S/C19H18N2O3S/c1-13-7-3-6-10-17(13)25-12-18(22)24-14(2)19(23)21-16-9-5-4-8-15(16)11-20/h3-10,14H,12H2,1-2H3,(H,21,23)/t14-/m0/s1. The van der Waals surface area contributed by atoms with Crippen molar-refractivity contribution in [2.75, 3.05) is 11.1 Å². The van der Waals surface area contributed by atoms with Gasteiger partial charge < -0.3 is 10.1 Å². The number of thioether (sulfide) groups is 1. The Morgan fingerprint density at radius 2 is 1.88 bits per heavy atom. The Hall–Kier alpha value is -2.78. The number of hydrogen-bond donors (Lipinski definition) is 1. The van der Waals surface area contributed by atoms with Gasteiger partial charge in [-0.05, 0) is 37.6 Å². The second-order valence-electron chi connectivity index (χ2n) is 5.33. The first-order valence-corrected chi connectivity index (χ1v) is 8.67. The van der Waals surface area contributed by atoms with Crippen molar-refractivity contribution < 1.29 is 14.3 Å². The molecule has 1 atom stereocenters. The summed E-state index contributed by atoms with van der Waals surface area (Å²) in [7, 11) is 0. The smallest absolute Gasteiger partial charge is 0.317 e. The van der Waals surface area contributed by atoms with Crippen molar-refractivity contribution in [3.8, 4) is 6.07 Å². The first kappa shape index (κ1) is 18.6. The largest absolute Gasteiger partial charge is 0.452 e. The Bertz CT molecular complexity index is 814. The van der Waals surface area contributed by atoms with Crippen molar-refractivity contribution in [3.63, 3.8) is 0 Å². The molecule has 5 nitrogen and oxygen atoms in total. The third kappa shape index (κ3) is 5.37. The number of nitriles is 1. The number of ether oxygens (including phenoxy) is 1. The summed E-state index contributed by atoms with van der Waals surface area (Å²) in [6, 6.07) is 16.4. The lowest BCUT2D eigenvalue weighted by Crippen LogP contribution is -2.30. The zero-order valence-corrected chi connectivity index (χ0v) is 14.8. The van der Waals surface area contributed by atoms with Crippen LogP contribution in [0.4, 0.5) is 5.69 Å². The van der Waals surface area contributed by atoms with E-state index in [9.17, 15) is 9.59 Å². The molecule has 2 aromatic carbocycles. The Morgan fingerprint density at radius 3 is 2.60 bits per heavy atom. The number of carbonyl (C=O) groups is 2. The van der Waals surface area contributed by atoms with Crippen LogP contribution in [0.15, 0.2) is 53.4 Å². The van der Waals surface area contributed by atoms with Crippen LogP contribution < -0.4 is 5.32 Å². The van der Waals surface area contributed by atoms with Gasteiger partial charge in [0.25, 0.3) is 5.91 Å². The Kier molecular flexibility index (Phi) is 6.61. The van der Waals surface area contributed by atoms with Gasteiger partial charge in [-0.2, -0.15) is 5.26 Å². The van der Waals surface area contributed by atoms with Crippen LogP contribution in [-0.2, 0) is 14.3 Å². The summed E-state index contributed by atoms with van der Waals surface area (Å²) in [5.74, 6) is -0.821. The molecular formula is C19H18N2O3S. The van der Waals surface area contributed by atoms with E-state index in [2.05, 4.69) is 5.32 Å². The maximum absolute atomic E-state index is 12.1. The van der Waals surface area contributed by atoms with Gasteiger partial charge in [0.15, 0.2) is 6.10 Å². The van der Waals surface area contributed by atoms with Crippen molar-refractivity contribution in [2.24, 2.45) is 0 Å². The van der Waals surface area contributed by atoms with E-state index in [1.807, 2.05) is 37.3 Å². The van der Waals surface area contributed by atoms with Crippen molar-refractivity contribution >= 4 is 29.3 Å². The lowest BCUT2D eigenvalue weighted by atomic mass is 10.2. The van der Waals surface area contributed by atoms with E-state index in [0.29, 0.717) is 11.3 Å². The molecular weight excluding hydrogens is 336 g/mol. The third-order valence-electron chi connectivity index (χ3n) is 3.42. The zero-order chi connectivity index (χ0) is 18.2. The van der Waals surface area contributed by atoms with Crippen LogP contribution in [0.1, 0.15) is 18.1 Å². The summed E-state index contributed by atoms with van der Waals surface area (Å²) in [5, 5.41) is 11.6. The number of benzene rings is 2. The summed E-state index contributed by atoms with van der Waals surface area (Å²) in [6.45, 7) is 3.47. The number of nitrogens with zero attached hydrogens (tertiary/aromatic N) is 1. The maximum Gasteiger partial charge on any atom is 0.317 e. The molecule has 2 aromatic rings. The highest BCUT2D eigenvalue weighted by atomic mass is 32.2. The monoisotopic (exact) mass is 354 g/mol. The van der Waals surface area contributed by atoms with Crippen LogP contribution in [0.2, 0.25) is 0 Å². The lowest BCUT2D eigenvalue weighted by molar-refractivity contribution is -0.150. The van der Waals surface area contributed by atoms with E-state index < -0.39 is 18.0 Å². The summed E-state index contributed by atoms with van der Waals surface area (Å²) in [4.78, 5) is 25.1. The highest BCUT2D eigenvalue weighted by Crippen LogP contribution is 2.22. The van der Waals surface area contributed by atoms with Gasteiger partial charge in [-0.15, -0.1) is 11.8 Å². The quantitative estimate of drug-likeness (QED) is 0.634. The number of amides is 1. The van der Waals surface area contributed by atoms with Gasteiger partial charge in [-0.1, -0.05) is 30.3 Å². The zero-order valence-electron chi connectivity index (χ0n) is 14.0. The van der Waals surface area contributed by atoms with Crippen LogP contribution in [0, 0.1) is 18.3 Å². The minimum absolute atomic E-state index is 0.122. The highest BCUT2D eigenvalue weighted by Gasteiger charge is 2.19. The molecule has 0 radical (unpaired) electrons. The van der Waals surface area contributed by atoms with Crippen molar-refractivity contribution in [1.82, 2.24) is 0 Å². The van der Waals surface area contributed by atoms with Crippen LogP contribution >= 0.6 is 11.8 Å². The Morgan fingerprint density at radius 1 is 1.20 bits per heavy atom. The van der Waals surface area contributed by atoms with Gasteiger partial charge in [-0.25, -0.2) is 0 Å². The topological polar surface area (TPSA) is 79.2 Å². The van der Waals surface area contributed by atoms with Crippen LogP contribution in [0.3, 0.4) is 0 Å². The number of rotatable bonds is 6. The fourth-order valence-corrected chi connectivity index (χ4v) is 2.88. The first-order chi connectivity index (χ1) is 12.0. The molecule has 0 fully saturated rings. The molecule has 1 amide bonds. The summed E-state index contributed by atoms with van der Waals surface area (Å²) in [6.07, 6.45) is -0.947. The molecule has 2 rings (SSSR count). The van der Waals surface area contributed by atoms with Crippen LogP contribution in [-0.4, -0.2) is 23.7 Å². The molecule has 25 heavy (non-hydrogen) atoms. The summed E-state index contributed by atoms with van der Waals surface area (Å²) < 4.78 is 5.16. The van der Waals surface area contributed by atoms with E-state index in [1.165, 1.54) is 18.7 Å². The van der Waals surface area contributed by atoms with Gasteiger partial charge >= 0.3 is 5.97 Å². The van der Waals surface area contributed by atoms with E-state index in [0.717, 1.165) is 10.5 Å². The molecule has 0 heterocycles. The SMILES string of the molecule is Cc1ccccc1SCC(=O)O[C@@H](C)C(=O)Nc1ccccc1C#N. The van der Waals surface area contributed by atoms with Gasteiger partial charge in [0.05, 0.1) is 17.0 Å². The highest BCUT2D eigenvalue weighted by molar-refractivity contribution is 8.00. The maximum atomic E-state index is 12.1. The molecule has 0 aliphatic rings. The predicted octanol–water partition coefficient (Wildman–Crippen LogP) is 3.53. The Labute approximate surface area is 151 Å². The van der Waals surface area contributed by atoms with E-state index in [1.54, 1.807) is 24.3 Å². The number of carbonyl (C=O) groups excluding carboxylic acids is 2. The number of anilines is 1. The average Bonchev–Trinajstić information content (AvgIpc) is 2.61. The number of esters is 1. The van der Waals surface area contributed by atoms with Crippen LogP contribution in [0.25, 0.3) is 0 Å². The Balaban J connectivity index is 1.87. The second kappa shape index (κ2) is 8.90. The normalized spacial score (nSPS) is 11.2. The summed E-state index contributed by atoms with van der Waals surface area (Å²) >= 11 is 1.37. The van der Waals surface area contributed by atoms with Gasteiger partial charge in [0.1, 0.15) is 6.07 Å². The fourth-order valence-electron chi connectivity index (χ4n) is 2.06. The molecule has 1 N–H and O–H groups in total. The van der Waals surface area contributed by atoms with Gasteiger partial charge in [0, 0.05) is 4.90 Å². The minimum Gasteiger partial charge on any atom is -0.452 e. The fraction of sp³-hybridized carbons (Fsp3) is 0.211. The van der Waals surface area contributed by atoms with E-state index in [-0.39, 0.29) is 5.75 Å². The molecule has 6 heteroatoms. The van der Waals surface area contributed by atoms with Crippen LogP contribution in [0.5, 0.6) is 0 Å². The van der Waals surface area contributed by atoms with Crippen molar-refractivity contribution in [3.05, 3.63) is 59.7 Å². The molecule has 128 valence electrons. The number of para-hydroxylation sites is 1. The average molecular weight is 354 g/mol. The van der Waals surface area contributed by atoms with Crippen molar-refractivity contribution in [1.29, 1.82) is 5.26 Å². The predicted molar refractivity (Wildman–Crippen MR) is 97.2 cm³/mol. The molecule has 0 bridgehead atoms. The van der Waals surface area contributed by atoms with Crippen molar-refractivity contribution in [2.45, 2.75) is 24.8 Å². The molecule has 0 saturated heterocycles. The molecule has 0 saturated carbocycles. The number of aryl methyl sites for hydroxylation is 1. The lowest BCUT2D eigenvalue weighted by Gasteiger charge is -2.14. The molecule has 0 spiro atoms. The third-order valence-corrected chi connectivity index (χ3v) is 4.57. The second-order valence-corrected chi connectivity index (χ2v) is 6.35. The molecule has 0 aliphatic carbocycles.